The van der Waals surface area contributed by atoms with Crippen LogP contribution in [0.25, 0.3) is 0 Å². The first-order valence-electron chi connectivity index (χ1n) is 20.2. The molecule has 0 aromatic rings. The van der Waals surface area contributed by atoms with Gasteiger partial charge in [0, 0.05) is 0 Å². The van der Waals surface area contributed by atoms with Gasteiger partial charge in [-0.2, -0.15) is 0 Å². The van der Waals surface area contributed by atoms with Crippen molar-refractivity contribution in [3.8, 4) is 0 Å². The third-order valence-corrected chi connectivity index (χ3v) is 9.50. The highest BCUT2D eigenvalue weighted by Gasteiger charge is 2.15. The SMILES string of the molecule is C=CCC(CCCCCCCCCCCCCCCCC)OC(CC=C)CCCCCCCCCCCCCCCCC. The average Bonchev–Trinajstić information content (AvgIpc) is 3.01. The van der Waals surface area contributed by atoms with Crippen LogP contribution in [0.2, 0.25) is 0 Å². The molecule has 0 aromatic heterocycles. The number of unbranched alkanes of at least 4 members (excludes halogenated alkanes) is 28. The van der Waals surface area contributed by atoms with Crippen molar-refractivity contribution in [1.29, 1.82) is 0 Å². The monoisotopic (exact) mass is 603 g/mol. The van der Waals surface area contributed by atoms with E-state index in [1.54, 1.807) is 0 Å². The minimum Gasteiger partial charge on any atom is -0.374 e. The molecule has 0 aliphatic heterocycles. The van der Waals surface area contributed by atoms with Gasteiger partial charge >= 0.3 is 0 Å². The molecule has 0 aromatic carbocycles. The summed E-state index contributed by atoms with van der Waals surface area (Å²) in [4.78, 5) is 0. The predicted molar refractivity (Wildman–Crippen MR) is 197 cm³/mol. The summed E-state index contributed by atoms with van der Waals surface area (Å²) < 4.78 is 6.63. The van der Waals surface area contributed by atoms with Crippen LogP contribution in [0.4, 0.5) is 0 Å². The van der Waals surface area contributed by atoms with Gasteiger partial charge in [0.05, 0.1) is 12.2 Å². The van der Waals surface area contributed by atoms with Crippen LogP contribution in [0.5, 0.6) is 0 Å². The molecule has 43 heavy (non-hydrogen) atoms. The molecule has 256 valence electrons. The van der Waals surface area contributed by atoms with E-state index in [1.807, 2.05) is 0 Å². The van der Waals surface area contributed by atoms with Crippen molar-refractivity contribution in [1.82, 2.24) is 0 Å². The lowest BCUT2D eigenvalue weighted by molar-refractivity contribution is -0.0190. The van der Waals surface area contributed by atoms with Crippen LogP contribution >= 0.6 is 0 Å². The minimum absolute atomic E-state index is 0.348. The molecule has 1 heteroatoms. The van der Waals surface area contributed by atoms with Crippen LogP contribution in [0.3, 0.4) is 0 Å². The molecule has 0 spiro atoms. The molecule has 2 atom stereocenters. The van der Waals surface area contributed by atoms with Gasteiger partial charge in [0.25, 0.3) is 0 Å². The van der Waals surface area contributed by atoms with E-state index in [-0.39, 0.29) is 0 Å². The van der Waals surface area contributed by atoms with Gasteiger partial charge in [-0.25, -0.2) is 0 Å². The molecule has 0 rings (SSSR count). The Morgan fingerprint density at radius 2 is 0.558 bits per heavy atom. The van der Waals surface area contributed by atoms with Crippen LogP contribution in [0.1, 0.15) is 232 Å². The number of hydrogen-bond acceptors (Lipinski definition) is 1. The van der Waals surface area contributed by atoms with Crippen LogP contribution in [0, 0.1) is 0 Å². The van der Waals surface area contributed by atoms with Crippen molar-refractivity contribution >= 4 is 0 Å². The Labute approximate surface area is 273 Å². The molecule has 0 saturated carbocycles. The van der Waals surface area contributed by atoms with E-state index in [1.165, 1.54) is 205 Å². The molecule has 0 aliphatic carbocycles. The standard InChI is InChI=1S/C42H82O/c1-5-9-11-13-15-17-19-21-23-25-27-29-31-33-35-39-41(37-7-3)43-42(38-8-4)40-36-34-32-30-28-26-24-22-20-18-16-14-12-10-6-2/h7-8,41-42H,3-6,9-40H2,1-2H3. The average molecular weight is 603 g/mol. The highest BCUT2D eigenvalue weighted by atomic mass is 16.5. The fraction of sp³-hybridized carbons (Fsp3) is 0.905. The molecule has 0 amide bonds. The van der Waals surface area contributed by atoms with E-state index in [9.17, 15) is 0 Å². The molecule has 1 nitrogen and oxygen atoms in total. The molecule has 0 bridgehead atoms. The second-order valence-corrected chi connectivity index (χ2v) is 13.9. The van der Waals surface area contributed by atoms with Gasteiger partial charge in [0.1, 0.15) is 0 Å². The van der Waals surface area contributed by atoms with E-state index in [0.717, 1.165) is 12.8 Å². The maximum atomic E-state index is 6.63. The van der Waals surface area contributed by atoms with Crippen molar-refractivity contribution in [2.75, 3.05) is 0 Å². The van der Waals surface area contributed by atoms with E-state index in [2.05, 4.69) is 39.2 Å². The van der Waals surface area contributed by atoms with E-state index in [4.69, 9.17) is 4.74 Å². The topological polar surface area (TPSA) is 9.23 Å². The highest BCUT2D eigenvalue weighted by Crippen LogP contribution is 2.21. The normalized spacial score (nSPS) is 12.9. The van der Waals surface area contributed by atoms with Crippen molar-refractivity contribution < 1.29 is 4.74 Å². The maximum absolute atomic E-state index is 6.63. The molecule has 0 aliphatic rings. The first-order valence-corrected chi connectivity index (χ1v) is 20.2. The van der Waals surface area contributed by atoms with Gasteiger partial charge in [0.15, 0.2) is 0 Å². The first kappa shape index (κ1) is 42.4. The summed E-state index contributed by atoms with van der Waals surface area (Å²) in [5.41, 5.74) is 0. The summed E-state index contributed by atoms with van der Waals surface area (Å²) in [6, 6.07) is 0. The summed E-state index contributed by atoms with van der Waals surface area (Å²) in [6.45, 7) is 12.6. The summed E-state index contributed by atoms with van der Waals surface area (Å²) >= 11 is 0. The van der Waals surface area contributed by atoms with E-state index >= 15 is 0 Å². The highest BCUT2D eigenvalue weighted by molar-refractivity contribution is 4.79. The Morgan fingerprint density at radius 3 is 0.767 bits per heavy atom. The van der Waals surface area contributed by atoms with Crippen molar-refractivity contribution in [3.63, 3.8) is 0 Å². The predicted octanol–water partition coefficient (Wildman–Crippen LogP) is 15.4. The lowest BCUT2D eigenvalue weighted by atomic mass is 10.0. The summed E-state index contributed by atoms with van der Waals surface area (Å²) in [5, 5.41) is 0. The third kappa shape index (κ3) is 34.2. The molecule has 2 unspecified atom stereocenters. The summed E-state index contributed by atoms with van der Waals surface area (Å²) in [7, 11) is 0. The molecular formula is C42H82O. The lowest BCUT2D eigenvalue weighted by Gasteiger charge is -2.24. The van der Waals surface area contributed by atoms with Gasteiger partial charge in [0.2, 0.25) is 0 Å². The zero-order valence-corrected chi connectivity index (χ0v) is 30.2. The molecular weight excluding hydrogens is 520 g/mol. The Morgan fingerprint density at radius 1 is 0.349 bits per heavy atom. The molecule has 0 radical (unpaired) electrons. The van der Waals surface area contributed by atoms with Crippen LogP contribution in [-0.4, -0.2) is 12.2 Å². The van der Waals surface area contributed by atoms with Gasteiger partial charge in [-0.1, -0.05) is 219 Å². The van der Waals surface area contributed by atoms with Gasteiger partial charge < -0.3 is 4.74 Å². The maximum Gasteiger partial charge on any atom is 0.0613 e. The second-order valence-electron chi connectivity index (χ2n) is 13.9. The van der Waals surface area contributed by atoms with Gasteiger partial charge in [-0.05, 0) is 25.7 Å². The lowest BCUT2D eigenvalue weighted by Crippen LogP contribution is -2.22. The van der Waals surface area contributed by atoms with Crippen molar-refractivity contribution in [3.05, 3.63) is 25.3 Å². The first-order chi connectivity index (χ1) is 21.3. The Hall–Kier alpha value is -0.560. The van der Waals surface area contributed by atoms with Crippen LogP contribution in [0.15, 0.2) is 25.3 Å². The van der Waals surface area contributed by atoms with Crippen LogP contribution in [-0.2, 0) is 4.74 Å². The fourth-order valence-electron chi connectivity index (χ4n) is 6.61. The second kappa shape index (κ2) is 37.6. The summed E-state index contributed by atoms with van der Waals surface area (Å²) in [5.74, 6) is 0. The minimum atomic E-state index is 0.348. The van der Waals surface area contributed by atoms with E-state index in [0.29, 0.717) is 12.2 Å². The quantitative estimate of drug-likeness (QED) is 0.0504. The zero-order valence-electron chi connectivity index (χ0n) is 30.2. The smallest absolute Gasteiger partial charge is 0.0613 e. The van der Waals surface area contributed by atoms with Crippen molar-refractivity contribution in [2.24, 2.45) is 0 Å². The largest absolute Gasteiger partial charge is 0.374 e. The Bertz CT molecular complexity index is 479. The molecule has 0 saturated heterocycles. The summed E-state index contributed by atoms with van der Waals surface area (Å²) in [6.07, 6.45) is 51.9. The van der Waals surface area contributed by atoms with Gasteiger partial charge in [-0.15, -0.1) is 13.2 Å². The molecule has 0 fully saturated rings. The zero-order chi connectivity index (χ0) is 31.3. The Balaban J connectivity index is 3.72. The fourth-order valence-corrected chi connectivity index (χ4v) is 6.61. The van der Waals surface area contributed by atoms with Crippen LogP contribution < -0.4 is 0 Å². The van der Waals surface area contributed by atoms with Gasteiger partial charge in [-0.3, -0.25) is 0 Å². The van der Waals surface area contributed by atoms with E-state index < -0.39 is 0 Å². The number of hydrogen-bond donors (Lipinski definition) is 0. The molecule has 0 heterocycles. The number of rotatable bonds is 38. The van der Waals surface area contributed by atoms with Crippen molar-refractivity contribution in [2.45, 2.75) is 244 Å². The Kier molecular flexibility index (Phi) is 37.1. The number of ether oxygens (including phenoxy) is 1. The molecule has 0 N–H and O–H groups in total. The third-order valence-electron chi connectivity index (χ3n) is 9.50.